The molecule has 130 valence electrons. The smallest absolute Gasteiger partial charge is 0.198 e. The van der Waals surface area contributed by atoms with E-state index in [4.69, 9.17) is 4.74 Å². The number of ether oxygens (including phenoxy) is 1. The Hall–Kier alpha value is -1.81. The first-order valence-electron chi connectivity index (χ1n) is 9.20. The Morgan fingerprint density at radius 2 is 2.04 bits per heavy atom. The van der Waals surface area contributed by atoms with E-state index in [0.29, 0.717) is 6.61 Å². The van der Waals surface area contributed by atoms with Crippen LogP contribution in [0.4, 0.5) is 0 Å². The molecule has 0 aliphatic carbocycles. The topological polar surface area (TPSA) is 46.5 Å². The molecule has 0 bridgehead atoms. The van der Waals surface area contributed by atoms with Gasteiger partial charge in [-0.25, -0.2) is 0 Å². The fraction of sp³-hybridized carbons (Fsp3) is 0.550. The van der Waals surface area contributed by atoms with Gasteiger partial charge in [0.2, 0.25) is 0 Å². The number of fused-ring (bicyclic) bond motifs is 1. The summed E-state index contributed by atoms with van der Waals surface area (Å²) in [7, 11) is 0. The molecule has 1 aromatic heterocycles. The van der Waals surface area contributed by atoms with Gasteiger partial charge in [0.1, 0.15) is 12.3 Å². The van der Waals surface area contributed by atoms with E-state index in [0.717, 1.165) is 59.9 Å². The van der Waals surface area contributed by atoms with Gasteiger partial charge in [-0.1, -0.05) is 13.8 Å². The van der Waals surface area contributed by atoms with Crippen molar-refractivity contribution in [3.05, 3.63) is 39.7 Å². The van der Waals surface area contributed by atoms with Crippen LogP contribution in [-0.2, 0) is 6.54 Å². The van der Waals surface area contributed by atoms with E-state index in [1.54, 1.807) is 0 Å². The summed E-state index contributed by atoms with van der Waals surface area (Å²) in [5, 5.41) is 0.744. The van der Waals surface area contributed by atoms with E-state index < -0.39 is 0 Å². The number of quaternary nitrogens is 1. The normalized spacial score (nSPS) is 21.1. The van der Waals surface area contributed by atoms with Gasteiger partial charge in [0, 0.05) is 16.6 Å². The van der Waals surface area contributed by atoms with E-state index in [-0.39, 0.29) is 5.43 Å². The molecule has 0 spiro atoms. The molecule has 4 heteroatoms. The maximum Gasteiger partial charge on any atom is 0.198 e. The summed E-state index contributed by atoms with van der Waals surface area (Å²) in [6.07, 6.45) is 3.48. The zero-order valence-corrected chi connectivity index (χ0v) is 15.1. The number of H-pyrrole nitrogens is 1. The number of hydrogen-bond acceptors (Lipinski definition) is 2. The molecular weight excluding hydrogens is 300 g/mol. The minimum Gasteiger partial charge on any atom is -0.494 e. The standard InChI is InChI=1S/C20H28N2O2/c1-4-11-24-16-5-6-19-17(12-16)20(23)18(15(3)21-19)13-22-9-7-14(2)8-10-22/h5-6,12,14H,4,7-11,13H2,1-3H3,(H,21,23)/p+1. The first-order chi connectivity index (χ1) is 11.6. The Bertz CT molecular complexity index is 758. The van der Waals surface area contributed by atoms with Crippen LogP contribution in [0, 0.1) is 12.8 Å². The molecule has 0 atom stereocenters. The van der Waals surface area contributed by atoms with Gasteiger partial charge in [0.05, 0.1) is 25.3 Å². The van der Waals surface area contributed by atoms with E-state index >= 15 is 0 Å². The molecule has 0 unspecified atom stereocenters. The van der Waals surface area contributed by atoms with Crippen LogP contribution >= 0.6 is 0 Å². The van der Waals surface area contributed by atoms with Gasteiger partial charge < -0.3 is 14.6 Å². The molecule has 2 aromatic rings. The van der Waals surface area contributed by atoms with Gasteiger partial charge in [-0.3, -0.25) is 4.79 Å². The van der Waals surface area contributed by atoms with Crippen LogP contribution in [0.5, 0.6) is 5.75 Å². The number of aromatic amines is 1. The molecule has 1 aromatic carbocycles. The van der Waals surface area contributed by atoms with Crippen LogP contribution in [0.1, 0.15) is 44.4 Å². The van der Waals surface area contributed by atoms with Gasteiger partial charge in [-0.15, -0.1) is 0 Å². The molecule has 2 N–H and O–H groups in total. The summed E-state index contributed by atoms with van der Waals surface area (Å²) >= 11 is 0. The maximum atomic E-state index is 13.0. The van der Waals surface area contributed by atoms with Gasteiger partial charge in [-0.05, 0) is 50.3 Å². The number of hydrogen-bond donors (Lipinski definition) is 2. The summed E-state index contributed by atoms with van der Waals surface area (Å²) in [5.74, 6) is 1.60. The second kappa shape index (κ2) is 7.39. The van der Waals surface area contributed by atoms with E-state index in [1.165, 1.54) is 17.7 Å². The van der Waals surface area contributed by atoms with Crippen molar-refractivity contribution in [3.8, 4) is 5.75 Å². The first-order valence-corrected chi connectivity index (χ1v) is 9.20. The van der Waals surface area contributed by atoms with Crippen molar-refractivity contribution in [2.45, 2.75) is 46.6 Å². The molecule has 2 heterocycles. The highest BCUT2D eigenvalue weighted by Gasteiger charge is 2.21. The lowest BCUT2D eigenvalue weighted by atomic mass is 9.98. The molecule has 1 saturated heterocycles. The lowest BCUT2D eigenvalue weighted by Crippen LogP contribution is -3.12. The maximum absolute atomic E-state index is 13.0. The zero-order valence-electron chi connectivity index (χ0n) is 15.1. The molecule has 3 rings (SSSR count). The van der Waals surface area contributed by atoms with Crippen LogP contribution in [0.25, 0.3) is 10.9 Å². The second-order valence-corrected chi connectivity index (χ2v) is 7.22. The van der Waals surface area contributed by atoms with Crippen molar-refractivity contribution in [2.75, 3.05) is 19.7 Å². The van der Waals surface area contributed by atoms with Gasteiger partial charge in [-0.2, -0.15) is 0 Å². The third-order valence-corrected chi connectivity index (χ3v) is 5.17. The third kappa shape index (κ3) is 3.64. The van der Waals surface area contributed by atoms with Crippen LogP contribution in [0.15, 0.2) is 23.0 Å². The van der Waals surface area contributed by atoms with Gasteiger partial charge >= 0.3 is 0 Å². The second-order valence-electron chi connectivity index (χ2n) is 7.22. The van der Waals surface area contributed by atoms with Gasteiger partial charge in [0.15, 0.2) is 5.43 Å². The molecule has 1 aliphatic rings. The Balaban J connectivity index is 1.90. The summed E-state index contributed by atoms with van der Waals surface area (Å²) in [4.78, 5) is 18.0. The third-order valence-electron chi connectivity index (χ3n) is 5.17. The summed E-state index contributed by atoms with van der Waals surface area (Å²) in [5.41, 5.74) is 2.99. The number of aromatic nitrogens is 1. The molecule has 1 aliphatic heterocycles. The van der Waals surface area contributed by atoms with E-state index in [2.05, 4.69) is 18.8 Å². The molecule has 0 radical (unpaired) electrons. The average molecular weight is 329 g/mol. The molecule has 1 fully saturated rings. The quantitative estimate of drug-likeness (QED) is 0.885. The van der Waals surface area contributed by atoms with Crippen molar-refractivity contribution in [2.24, 2.45) is 5.92 Å². The number of rotatable bonds is 5. The van der Waals surface area contributed by atoms with E-state index in [9.17, 15) is 4.79 Å². The fourth-order valence-corrected chi connectivity index (χ4v) is 3.55. The summed E-state index contributed by atoms with van der Waals surface area (Å²) in [6.45, 7) is 10.3. The molecule has 24 heavy (non-hydrogen) atoms. The van der Waals surface area contributed by atoms with Crippen molar-refractivity contribution in [1.29, 1.82) is 0 Å². The predicted octanol–water partition coefficient (Wildman–Crippen LogP) is 2.44. The van der Waals surface area contributed by atoms with Crippen LogP contribution < -0.4 is 15.1 Å². The number of nitrogens with one attached hydrogen (secondary N) is 2. The van der Waals surface area contributed by atoms with Crippen molar-refractivity contribution >= 4 is 10.9 Å². The van der Waals surface area contributed by atoms with Crippen LogP contribution in [0.3, 0.4) is 0 Å². The number of pyridine rings is 1. The van der Waals surface area contributed by atoms with Crippen molar-refractivity contribution < 1.29 is 9.64 Å². The SMILES string of the molecule is CCCOc1ccc2[nH]c(C)c(C[NH+]3CCC(C)CC3)c(=O)c2c1. The van der Waals surface area contributed by atoms with Crippen molar-refractivity contribution in [3.63, 3.8) is 0 Å². The number of piperidine rings is 1. The highest BCUT2D eigenvalue weighted by molar-refractivity contribution is 5.81. The Morgan fingerprint density at radius 1 is 1.29 bits per heavy atom. The van der Waals surface area contributed by atoms with Gasteiger partial charge in [0.25, 0.3) is 0 Å². The average Bonchev–Trinajstić information content (AvgIpc) is 2.58. The monoisotopic (exact) mass is 329 g/mol. The molecular formula is C20H29N2O2+. The highest BCUT2D eigenvalue weighted by Crippen LogP contribution is 2.19. The molecule has 4 nitrogen and oxygen atoms in total. The number of benzene rings is 1. The predicted molar refractivity (Wildman–Crippen MR) is 97.9 cm³/mol. The highest BCUT2D eigenvalue weighted by atomic mass is 16.5. The Kier molecular flexibility index (Phi) is 5.24. The number of aryl methyl sites for hydroxylation is 1. The molecule has 0 saturated carbocycles. The van der Waals surface area contributed by atoms with E-state index in [1.807, 2.05) is 25.1 Å². The minimum atomic E-state index is 0.161. The number of likely N-dealkylation sites (tertiary alicyclic amines) is 1. The first kappa shape index (κ1) is 17.0. The summed E-state index contributed by atoms with van der Waals surface area (Å²) in [6, 6.07) is 5.78. The van der Waals surface area contributed by atoms with Crippen LogP contribution in [-0.4, -0.2) is 24.7 Å². The van der Waals surface area contributed by atoms with Crippen LogP contribution in [0.2, 0.25) is 0 Å². The largest absolute Gasteiger partial charge is 0.494 e. The fourth-order valence-electron chi connectivity index (χ4n) is 3.55. The lowest BCUT2D eigenvalue weighted by Gasteiger charge is -2.27. The summed E-state index contributed by atoms with van der Waals surface area (Å²) < 4.78 is 5.69. The Labute approximate surface area is 143 Å². The van der Waals surface area contributed by atoms with Crippen molar-refractivity contribution in [1.82, 2.24) is 4.98 Å². The Morgan fingerprint density at radius 3 is 2.75 bits per heavy atom. The zero-order chi connectivity index (χ0) is 17.1. The molecule has 0 amide bonds. The minimum absolute atomic E-state index is 0.161. The lowest BCUT2D eigenvalue weighted by molar-refractivity contribution is -0.919.